The maximum atomic E-state index is 11.1. The third kappa shape index (κ3) is 3.56. The van der Waals surface area contributed by atoms with E-state index in [0.717, 1.165) is 38.4 Å². The number of anilines is 1. The van der Waals surface area contributed by atoms with Gasteiger partial charge in [-0.15, -0.1) is 11.6 Å². The first-order chi connectivity index (χ1) is 14.2. The van der Waals surface area contributed by atoms with Crippen molar-refractivity contribution in [1.29, 1.82) is 0 Å². The van der Waals surface area contributed by atoms with E-state index in [-0.39, 0.29) is 4.87 Å². The fourth-order valence-electron chi connectivity index (χ4n) is 6.30. The van der Waals surface area contributed by atoms with E-state index >= 15 is 0 Å². The number of rotatable bonds is 5. The summed E-state index contributed by atoms with van der Waals surface area (Å²) >= 11 is 6.62. The smallest absolute Gasteiger partial charge is 0.335 e. The summed E-state index contributed by atoms with van der Waals surface area (Å²) < 4.78 is 0. The van der Waals surface area contributed by atoms with E-state index in [2.05, 4.69) is 23.6 Å². The highest BCUT2D eigenvalue weighted by Crippen LogP contribution is 2.75. The largest absolute Gasteiger partial charge is 0.478 e. The van der Waals surface area contributed by atoms with Crippen LogP contribution in [0.2, 0.25) is 0 Å². The van der Waals surface area contributed by atoms with E-state index in [1.807, 2.05) is 12.1 Å². The number of piperazine rings is 1. The van der Waals surface area contributed by atoms with Crippen molar-refractivity contribution in [2.75, 3.05) is 37.6 Å². The molecule has 5 heteroatoms. The predicted molar refractivity (Wildman–Crippen MR) is 122 cm³/mol. The monoisotopic (exact) mass is 428 g/mol. The molecule has 3 saturated carbocycles. The van der Waals surface area contributed by atoms with Crippen molar-refractivity contribution < 1.29 is 9.90 Å². The molecule has 6 rings (SSSR count). The second-order valence-corrected chi connectivity index (χ2v) is 11.8. The fourth-order valence-corrected chi connectivity index (χ4v) is 7.07. The molecule has 2 bridgehead atoms. The van der Waals surface area contributed by atoms with Crippen molar-refractivity contribution in [2.45, 2.75) is 57.2 Å². The molecule has 30 heavy (non-hydrogen) atoms. The van der Waals surface area contributed by atoms with Crippen LogP contribution < -0.4 is 4.90 Å². The Hall–Kier alpha value is -1.52. The average molecular weight is 429 g/mol. The van der Waals surface area contributed by atoms with Gasteiger partial charge in [0.1, 0.15) is 0 Å². The molecule has 0 spiro atoms. The molecule has 1 N–H and O–H groups in total. The molecule has 5 aliphatic rings. The van der Waals surface area contributed by atoms with Crippen molar-refractivity contribution in [1.82, 2.24) is 4.90 Å². The minimum absolute atomic E-state index is 0.140. The number of allylic oxidation sites excluding steroid dienone is 1. The second-order valence-electron chi connectivity index (χ2n) is 11.0. The van der Waals surface area contributed by atoms with Gasteiger partial charge in [-0.2, -0.15) is 0 Å². The molecular formula is C25H33ClN2O2. The Bertz CT molecular complexity index is 861. The summed E-state index contributed by atoms with van der Waals surface area (Å²) in [5, 5.41) is 9.09. The third-order valence-electron chi connectivity index (χ3n) is 8.06. The zero-order chi connectivity index (χ0) is 21.1. The summed E-state index contributed by atoms with van der Waals surface area (Å²) in [6, 6.07) is 7.29. The minimum atomic E-state index is -0.866. The summed E-state index contributed by atoms with van der Waals surface area (Å²) in [5.41, 5.74) is 5.83. The molecule has 4 nitrogen and oxygen atoms in total. The van der Waals surface area contributed by atoms with E-state index in [1.54, 1.807) is 23.3 Å². The highest BCUT2D eigenvalue weighted by atomic mass is 35.5. The number of benzene rings is 1. The maximum Gasteiger partial charge on any atom is 0.335 e. The number of hydrogen-bond donors (Lipinski definition) is 1. The number of hydrogen-bond acceptors (Lipinski definition) is 3. The Labute approximate surface area is 184 Å². The molecule has 4 aliphatic carbocycles. The second kappa shape index (κ2) is 7.00. The van der Waals surface area contributed by atoms with Gasteiger partial charge in [0, 0.05) is 43.3 Å². The zero-order valence-electron chi connectivity index (χ0n) is 18.2. The number of nitrogens with zero attached hydrogens (tertiary/aromatic N) is 2. The van der Waals surface area contributed by atoms with Gasteiger partial charge >= 0.3 is 5.97 Å². The quantitative estimate of drug-likeness (QED) is 0.518. The van der Waals surface area contributed by atoms with Crippen LogP contribution in [0, 0.1) is 10.8 Å². The highest BCUT2D eigenvalue weighted by molar-refractivity contribution is 6.26. The summed E-state index contributed by atoms with van der Waals surface area (Å²) in [4.78, 5) is 16.2. The Morgan fingerprint density at radius 3 is 2.27 bits per heavy atom. The van der Waals surface area contributed by atoms with Crippen LogP contribution in [0.5, 0.6) is 0 Å². The summed E-state index contributed by atoms with van der Waals surface area (Å²) in [7, 11) is 0. The van der Waals surface area contributed by atoms with Crippen molar-refractivity contribution in [3.05, 3.63) is 41.0 Å². The average Bonchev–Trinajstić information content (AvgIpc) is 2.67. The van der Waals surface area contributed by atoms with Gasteiger partial charge in [-0.1, -0.05) is 25.0 Å². The van der Waals surface area contributed by atoms with Gasteiger partial charge in [0.25, 0.3) is 0 Å². The number of carbonyl (C=O) groups is 1. The van der Waals surface area contributed by atoms with Crippen LogP contribution in [-0.4, -0.2) is 53.6 Å². The van der Waals surface area contributed by atoms with E-state index in [0.29, 0.717) is 16.4 Å². The van der Waals surface area contributed by atoms with Gasteiger partial charge in [-0.3, -0.25) is 4.90 Å². The van der Waals surface area contributed by atoms with Gasteiger partial charge in [-0.25, -0.2) is 4.79 Å². The SMILES string of the molecule is CC1(C)CCC(CN2CCN(c3ccc(C(=O)O)cc3)CC2)=C(C23CC(Cl)(C2)C3)C1. The van der Waals surface area contributed by atoms with E-state index in [1.165, 1.54) is 38.5 Å². The molecule has 1 aliphatic heterocycles. The van der Waals surface area contributed by atoms with Crippen LogP contribution in [0.15, 0.2) is 35.4 Å². The fraction of sp³-hybridized carbons (Fsp3) is 0.640. The van der Waals surface area contributed by atoms with E-state index < -0.39 is 5.97 Å². The topological polar surface area (TPSA) is 43.8 Å². The van der Waals surface area contributed by atoms with E-state index in [9.17, 15) is 4.79 Å². The molecule has 0 amide bonds. The van der Waals surface area contributed by atoms with Crippen LogP contribution in [0.25, 0.3) is 0 Å². The molecule has 1 aromatic carbocycles. The van der Waals surface area contributed by atoms with Crippen LogP contribution in [0.4, 0.5) is 5.69 Å². The number of aromatic carboxylic acids is 1. The lowest BCUT2D eigenvalue weighted by atomic mass is 9.39. The number of halogens is 1. The van der Waals surface area contributed by atoms with Gasteiger partial charge in [0.15, 0.2) is 0 Å². The standard InChI is InChI=1S/C25H33ClN2O2/c1-23(2)8-7-19(21(13-23)24-15-25(26,16-24)17-24)14-27-9-11-28(12-10-27)20-5-3-18(4-6-20)22(29)30/h3-6H,7-17H2,1-2H3,(H,29,30). The summed E-state index contributed by atoms with van der Waals surface area (Å²) in [5.74, 6) is -0.866. The van der Waals surface area contributed by atoms with Crippen molar-refractivity contribution >= 4 is 23.3 Å². The lowest BCUT2D eigenvalue weighted by Gasteiger charge is -2.70. The Morgan fingerprint density at radius 2 is 1.70 bits per heavy atom. The maximum absolute atomic E-state index is 11.1. The molecule has 1 aromatic rings. The molecule has 1 saturated heterocycles. The van der Waals surface area contributed by atoms with E-state index in [4.69, 9.17) is 16.7 Å². The normalized spacial score (nSPS) is 33.1. The summed E-state index contributed by atoms with van der Waals surface area (Å²) in [6.07, 6.45) is 7.41. The molecule has 162 valence electrons. The number of alkyl halides is 1. The van der Waals surface area contributed by atoms with Gasteiger partial charge < -0.3 is 10.0 Å². The Morgan fingerprint density at radius 1 is 1.07 bits per heavy atom. The lowest BCUT2D eigenvalue weighted by molar-refractivity contribution is -0.0535. The first-order valence-electron chi connectivity index (χ1n) is 11.4. The molecule has 0 radical (unpaired) electrons. The Balaban J connectivity index is 1.24. The van der Waals surface area contributed by atoms with Gasteiger partial charge in [-0.05, 0) is 73.6 Å². The molecule has 0 aromatic heterocycles. The molecule has 4 fully saturated rings. The predicted octanol–water partition coefficient (Wildman–Crippen LogP) is 5.18. The lowest BCUT2D eigenvalue weighted by Crippen LogP contribution is -2.65. The zero-order valence-corrected chi connectivity index (χ0v) is 19.0. The van der Waals surface area contributed by atoms with Crippen molar-refractivity contribution in [3.63, 3.8) is 0 Å². The number of carboxylic acids is 1. The van der Waals surface area contributed by atoms with Crippen molar-refractivity contribution in [2.24, 2.45) is 10.8 Å². The van der Waals surface area contributed by atoms with Crippen LogP contribution in [0.3, 0.4) is 0 Å². The summed E-state index contributed by atoms with van der Waals surface area (Å²) in [6.45, 7) is 10.1. The minimum Gasteiger partial charge on any atom is -0.478 e. The molecular weight excluding hydrogens is 396 g/mol. The van der Waals surface area contributed by atoms with Gasteiger partial charge in [0.2, 0.25) is 0 Å². The number of carboxylic acid groups (broad SMARTS) is 1. The van der Waals surface area contributed by atoms with Crippen LogP contribution in [-0.2, 0) is 0 Å². The molecule has 0 atom stereocenters. The van der Waals surface area contributed by atoms with Gasteiger partial charge in [0.05, 0.1) is 5.56 Å². The molecule has 1 heterocycles. The first kappa shape index (κ1) is 20.4. The van der Waals surface area contributed by atoms with Crippen LogP contribution >= 0.6 is 11.6 Å². The van der Waals surface area contributed by atoms with Crippen LogP contribution in [0.1, 0.15) is 62.7 Å². The third-order valence-corrected chi connectivity index (χ3v) is 8.46. The first-order valence-corrected chi connectivity index (χ1v) is 11.8. The highest BCUT2D eigenvalue weighted by Gasteiger charge is 2.69. The molecule has 0 unspecified atom stereocenters. The Kier molecular flexibility index (Phi) is 4.75. The van der Waals surface area contributed by atoms with Crippen molar-refractivity contribution in [3.8, 4) is 0 Å².